The van der Waals surface area contributed by atoms with Gasteiger partial charge < -0.3 is 25.2 Å². The van der Waals surface area contributed by atoms with E-state index in [2.05, 4.69) is 0 Å². The molecule has 1 aliphatic rings. The molecule has 1 aromatic rings. The molecule has 2 rings (SSSR count). The fourth-order valence-electron chi connectivity index (χ4n) is 2.24. The molecule has 0 amide bonds. The van der Waals surface area contributed by atoms with Gasteiger partial charge in [-0.3, -0.25) is 0 Å². The molecule has 1 fully saturated rings. The molecule has 0 spiro atoms. The predicted molar refractivity (Wildman–Crippen MR) is 63.7 cm³/mol. The molecule has 0 radical (unpaired) electrons. The maximum Gasteiger partial charge on any atom is 0.199 e. The van der Waals surface area contributed by atoms with Crippen molar-refractivity contribution in [2.45, 2.75) is 43.5 Å². The zero-order chi connectivity index (χ0) is 13.3. The van der Waals surface area contributed by atoms with Crippen molar-refractivity contribution in [1.82, 2.24) is 0 Å². The van der Waals surface area contributed by atoms with Crippen LogP contribution in [0.5, 0.6) is 0 Å². The Hall–Kier alpha value is -0.980. The van der Waals surface area contributed by atoms with Crippen LogP contribution in [0.2, 0.25) is 0 Å². The van der Waals surface area contributed by atoms with Crippen molar-refractivity contribution in [2.24, 2.45) is 0 Å². The minimum Gasteiger partial charge on any atom is -0.391 e. The van der Waals surface area contributed by atoms with Gasteiger partial charge in [-0.15, -0.1) is 0 Å². The Morgan fingerprint density at radius 3 is 2.39 bits per heavy atom. The van der Waals surface area contributed by atoms with Crippen molar-refractivity contribution >= 4 is 0 Å². The molecule has 1 saturated heterocycles. The lowest BCUT2D eigenvalue weighted by Gasteiger charge is -2.26. The second-order valence-corrected chi connectivity index (χ2v) is 4.77. The fraction of sp³-hybridized carbons (Fsp3) is 0.538. The van der Waals surface area contributed by atoms with E-state index in [9.17, 15) is 20.4 Å². The summed E-state index contributed by atoms with van der Waals surface area (Å²) in [4.78, 5) is 0. The first kappa shape index (κ1) is 13.5. The molecule has 5 atom stereocenters. The first-order valence-electron chi connectivity index (χ1n) is 5.92. The average molecular weight is 254 g/mol. The number of rotatable bonds is 3. The molecular weight excluding hydrogens is 236 g/mol. The summed E-state index contributed by atoms with van der Waals surface area (Å²) in [6.07, 6.45) is -4.67. The van der Waals surface area contributed by atoms with E-state index in [1.54, 1.807) is 12.1 Å². The number of benzene rings is 1. The van der Waals surface area contributed by atoms with Crippen molar-refractivity contribution in [3.63, 3.8) is 0 Å². The molecule has 0 aliphatic carbocycles. The summed E-state index contributed by atoms with van der Waals surface area (Å²) in [7, 11) is 0. The Morgan fingerprint density at radius 2 is 1.89 bits per heavy atom. The second kappa shape index (κ2) is 4.95. The molecule has 100 valence electrons. The number of aliphatic hydroxyl groups excluding tert-OH is 3. The van der Waals surface area contributed by atoms with Crippen LogP contribution in [0.3, 0.4) is 0 Å². The summed E-state index contributed by atoms with van der Waals surface area (Å²) in [6.45, 7) is 1.44. The van der Waals surface area contributed by atoms with Gasteiger partial charge in [0.15, 0.2) is 5.79 Å². The Balaban J connectivity index is 2.16. The Bertz CT molecular complexity index is 394. The molecule has 0 bridgehead atoms. The molecule has 1 aromatic carbocycles. The Kier molecular flexibility index (Phi) is 3.70. The van der Waals surface area contributed by atoms with Crippen LogP contribution in [-0.2, 0) is 11.2 Å². The molecule has 18 heavy (non-hydrogen) atoms. The van der Waals surface area contributed by atoms with E-state index in [0.29, 0.717) is 0 Å². The van der Waals surface area contributed by atoms with E-state index in [-0.39, 0.29) is 6.42 Å². The van der Waals surface area contributed by atoms with Crippen LogP contribution in [-0.4, -0.2) is 50.6 Å². The molecule has 1 heterocycles. The van der Waals surface area contributed by atoms with Crippen LogP contribution in [0.1, 0.15) is 12.5 Å². The summed E-state index contributed by atoms with van der Waals surface area (Å²) in [5.74, 6) is -1.87. The van der Waals surface area contributed by atoms with E-state index in [1.807, 2.05) is 18.2 Å². The minimum absolute atomic E-state index is 0.0509. The monoisotopic (exact) mass is 254 g/mol. The molecule has 5 heteroatoms. The Labute approximate surface area is 105 Å². The van der Waals surface area contributed by atoms with Crippen molar-refractivity contribution < 1.29 is 25.2 Å². The van der Waals surface area contributed by atoms with Crippen LogP contribution < -0.4 is 0 Å². The van der Waals surface area contributed by atoms with Gasteiger partial charge in [0.1, 0.15) is 18.3 Å². The van der Waals surface area contributed by atoms with Gasteiger partial charge in [0.05, 0.1) is 6.10 Å². The largest absolute Gasteiger partial charge is 0.391 e. The van der Waals surface area contributed by atoms with Crippen molar-refractivity contribution in [3.05, 3.63) is 35.9 Å². The predicted octanol–water partition coefficient (Wildman–Crippen LogP) is -0.581. The summed E-state index contributed by atoms with van der Waals surface area (Å²) < 4.78 is 5.24. The maximum absolute atomic E-state index is 10.3. The highest BCUT2D eigenvalue weighted by molar-refractivity contribution is 5.18. The average Bonchev–Trinajstić information content (AvgIpc) is 2.55. The summed E-state index contributed by atoms with van der Waals surface area (Å²) in [5, 5.41) is 39.3. The standard InChI is InChI=1S/C13H18O5/c1-8(14)11-10(15)12(16)13(17,18-11)7-9-5-3-2-4-6-9/h2-6,8,10-12,14-17H,7H2,1H3/t8-,10+,11-,12-,13+/m1/s1. The van der Waals surface area contributed by atoms with Gasteiger partial charge in [0, 0.05) is 6.42 Å². The highest BCUT2D eigenvalue weighted by Crippen LogP contribution is 2.33. The summed E-state index contributed by atoms with van der Waals surface area (Å²) in [6, 6.07) is 9.03. The van der Waals surface area contributed by atoms with Crippen molar-refractivity contribution in [1.29, 1.82) is 0 Å². The molecule has 5 nitrogen and oxygen atoms in total. The third-order valence-corrected chi connectivity index (χ3v) is 3.24. The molecular formula is C13H18O5. The number of hydrogen-bond acceptors (Lipinski definition) is 5. The number of aliphatic hydroxyl groups is 4. The van der Waals surface area contributed by atoms with E-state index in [1.165, 1.54) is 6.92 Å². The smallest absolute Gasteiger partial charge is 0.199 e. The Morgan fingerprint density at radius 1 is 1.28 bits per heavy atom. The first-order chi connectivity index (χ1) is 8.44. The first-order valence-corrected chi connectivity index (χ1v) is 5.92. The zero-order valence-corrected chi connectivity index (χ0v) is 10.1. The van der Waals surface area contributed by atoms with Gasteiger partial charge in [-0.2, -0.15) is 0 Å². The summed E-state index contributed by atoms with van der Waals surface area (Å²) in [5.41, 5.74) is 0.775. The van der Waals surface area contributed by atoms with E-state index in [0.717, 1.165) is 5.56 Å². The van der Waals surface area contributed by atoms with Gasteiger partial charge in [-0.25, -0.2) is 0 Å². The lowest BCUT2D eigenvalue weighted by atomic mass is 9.97. The van der Waals surface area contributed by atoms with Crippen LogP contribution in [0, 0.1) is 0 Å². The van der Waals surface area contributed by atoms with Crippen molar-refractivity contribution in [2.75, 3.05) is 0 Å². The lowest BCUT2D eigenvalue weighted by Crippen LogP contribution is -2.45. The van der Waals surface area contributed by atoms with Crippen LogP contribution in [0.15, 0.2) is 30.3 Å². The molecule has 1 aliphatic heterocycles. The van der Waals surface area contributed by atoms with E-state index >= 15 is 0 Å². The minimum atomic E-state index is -1.87. The molecule has 4 N–H and O–H groups in total. The molecule has 0 saturated carbocycles. The maximum atomic E-state index is 10.3. The fourth-order valence-corrected chi connectivity index (χ4v) is 2.24. The van der Waals surface area contributed by atoms with Gasteiger partial charge in [0.2, 0.25) is 0 Å². The zero-order valence-electron chi connectivity index (χ0n) is 10.1. The second-order valence-electron chi connectivity index (χ2n) is 4.77. The lowest BCUT2D eigenvalue weighted by molar-refractivity contribution is -0.234. The SMILES string of the molecule is C[C@@H](O)[C@H]1O[C@@](O)(Cc2ccccc2)[C@H](O)[C@H]1O. The van der Waals surface area contributed by atoms with Gasteiger partial charge in [-0.05, 0) is 12.5 Å². The highest BCUT2D eigenvalue weighted by Gasteiger charge is 2.54. The van der Waals surface area contributed by atoms with Crippen LogP contribution >= 0.6 is 0 Å². The number of ether oxygens (including phenoxy) is 1. The third-order valence-electron chi connectivity index (χ3n) is 3.24. The van der Waals surface area contributed by atoms with Gasteiger partial charge >= 0.3 is 0 Å². The van der Waals surface area contributed by atoms with Crippen LogP contribution in [0.25, 0.3) is 0 Å². The topological polar surface area (TPSA) is 90.2 Å². The normalized spacial score (nSPS) is 37.7. The van der Waals surface area contributed by atoms with E-state index in [4.69, 9.17) is 4.74 Å². The van der Waals surface area contributed by atoms with Crippen molar-refractivity contribution in [3.8, 4) is 0 Å². The molecule has 0 unspecified atom stereocenters. The van der Waals surface area contributed by atoms with E-state index < -0.39 is 30.2 Å². The quantitative estimate of drug-likeness (QED) is 0.579. The highest BCUT2D eigenvalue weighted by atomic mass is 16.7. The summed E-state index contributed by atoms with van der Waals surface area (Å²) >= 11 is 0. The van der Waals surface area contributed by atoms with Crippen LogP contribution in [0.4, 0.5) is 0 Å². The van der Waals surface area contributed by atoms with Gasteiger partial charge in [-0.1, -0.05) is 30.3 Å². The van der Waals surface area contributed by atoms with Gasteiger partial charge in [0.25, 0.3) is 0 Å². The number of hydrogen-bond donors (Lipinski definition) is 4. The third kappa shape index (κ3) is 2.41. The molecule has 0 aromatic heterocycles.